The van der Waals surface area contributed by atoms with Crippen LogP contribution in [0.15, 0.2) is 42.6 Å². The van der Waals surface area contributed by atoms with Gasteiger partial charge in [-0.05, 0) is 56.1 Å². The zero-order valence-corrected chi connectivity index (χ0v) is 17.2. The lowest BCUT2D eigenvalue weighted by atomic mass is 9.92. The van der Waals surface area contributed by atoms with Crippen LogP contribution < -0.4 is 5.32 Å². The molecule has 2 heterocycles. The number of halogens is 1. The lowest BCUT2D eigenvalue weighted by molar-refractivity contribution is -0.123. The van der Waals surface area contributed by atoms with Gasteiger partial charge in [0, 0.05) is 37.4 Å². The summed E-state index contributed by atoms with van der Waals surface area (Å²) in [6.07, 6.45) is 4.38. The fourth-order valence-electron chi connectivity index (χ4n) is 3.85. The van der Waals surface area contributed by atoms with Crippen molar-refractivity contribution in [1.82, 2.24) is 15.2 Å². The molecule has 1 atom stereocenters. The third kappa shape index (κ3) is 6.34. The number of carbonyl (C=O) groups excluding carboxylic acids is 1. The van der Waals surface area contributed by atoms with Crippen LogP contribution in [0.25, 0.3) is 0 Å². The van der Waals surface area contributed by atoms with E-state index in [9.17, 15) is 9.18 Å². The lowest BCUT2D eigenvalue weighted by Crippen LogP contribution is -2.44. The summed E-state index contributed by atoms with van der Waals surface area (Å²) in [7, 11) is 1.63. The molecule has 1 aromatic heterocycles. The Hall–Kier alpha value is -2.31. The Morgan fingerprint density at radius 1 is 1.28 bits per heavy atom. The summed E-state index contributed by atoms with van der Waals surface area (Å²) in [4.78, 5) is 18.9. The lowest BCUT2D eigenvalue weighted by Gasteiger charge is -2.31. The van der Waals surface area contributed by atoms with Gasteiger partial charge >= 0.3 is 0 Å². The van der Waals surface area contributed by atoms with Crippen molar-refractivity contribution in [2.45, 2.75) is 38.1 Å². The molecule has 0 spiro atoms. The van der Waals surface area contributed by atoms with Gasteiger partial charge in [0.25, 0.3) is 0 Å². The first-order chi connectivity index (χ1) is 14.0. The molecule has 1 aromatic carbocycles. The predicted octanol–water partition coefficient (Wildman–Crippen LogP) is 3.14. The van der Waals surface area contributed by atoms with Gasteiger partial charge in [-0.3, -0.25) is 14.7 Å². The minimum atomic E-state index is -0.176. The van der Waals surface area contributed by atoms with Crippen molar-refractivity contribution < 1.29 is 13.9 Å². The van der Waals surface area contributed by atoms with Crippen LogP contribution in [0.5, 0.6) is 0 Å². The molecule has 1 unspecified atom stereocenters. The monoisotopic (exact) mass is 399 g/mol. The molecule has 0 radical (unpaired) electrons. The number of hydrogen-bond donors (Lipinski definition) is 1. The molecule has 0 aliphatic carbocycles. The van der Waals surface area contributed by atoms with Gasteiger partial charge in [0.05, 0.1) is 13.2 Å². The molecule has 1 saturated heterocycles. The van der Waals surface area contributed by atoms with Crippen molar-refractivity contribution in [2.75, 3.05) is 33.4 Å². The van der Waals surface area contributed by atoms with Gasteiger partial charge < -0.3 is 10.1 Å². The Morgan fingerprint density at radius 2 is 2.03 bits per heavy atom. The third-order valence-electron chi connectivity index (χ3n) is 5.40. The Kier molecular flexibility index (Phi) is 7.72. The summed E-state index contributed by atoms with van der Waals surface area (Å²) in [6, 6.07) is 11.0. The molecule has 6 heteroatoms. The first kappa shape index (κ1) is 21.4. The summed E-state index contributed by atoms with van der Waals surface area (Å²) < 4.78 is 18.9. The molecule has 1 aliphatic heterocycles. The molecule has 0 bridgehead atoms. The summed E-state index contributed by atoms with van der Waals surface area (Å²) >= 11 is 0. The number of piperidine rings is 1. The van der Waals surface area contributed by atoms with Gasteiger partial charge in [-0.1, -0.05) is 24.3 Å². The number of benzene rings is 1. The van der Waals surface area contributed by atoms with Crippen LogP contribution in [-0.4, -0.2) is 55.2 Å². The smallest absolute Gasteiger partial charge is 0.234 e. The maximum absolute atomic E-state index is 13.8. The summed E-state index contributed by atoms with van der Waals surface area (Å²) in [5, 5.41) is 2.96. The zero-order valence-electron chi connectivity index (χ0n) is 17.2. The van der Waals surface area contributed by atoms with Gasteiger partial charge in [0.15, 0.2) is 0 Å². The van der Waals surface area contributed by atoms with E-state index in [0.717, 1.165) is 37.2 Å². The minimum Gasteiger partial charge on any atom is -0.383 e. The number of rotatable bonds is 8. The van der Waals surface area contributed by atoms with E-state index >= 15 is 0 Å². The fraction of sp³-hybridized carbons (Fsp3) is 0.478. The number of nitrogens with one attached hydrogen (secondary N) is 1. The van der Waals surface area contributed by atoms with Crippen LogP contribution in [0.3, 0.4) is 0 Å². The van der Waals surface area contributed by atoms with Crippen LogP contribution >= 0.6 is 0 Å². The Morgan fingerprint density at radius 3 is 2.69 bits per heavy atom. The van der Waals surface area contributed by atoms with E-state index in [0.29, 0.717) is 31.1 Å². The van der Waals surface area contributed by atoms with Crippen molar-refractivity contribution in [2.24, 2.45) is 0 Å². The van der Waals surface area contributed by atoms with Crippen LogP contribution in [-0.2, 0) is 16.0 Å². The van der Waals surface area contributed by atoms with E-state index < -0.39 is 0 Å². The highest BCUT2D eigenvalue weighted by molar-refractivity contribution is 5.78. The standard InChI is InChI=1S/C23H30FN3O2/c1-17(16-29-2)26-23(28)15-27-11-9-19(10-12-27)22-8-7-18(14-25-22)13-20-5-3-4-6-21(20)24/h3-8,14,17,19H,9-13,15-16H2,1-2H3,(H,26,28). The second-order valence-electron chi connectivity index (χ2n) is 7.83. The van der Waals surface area contributed by atoms with Crippen LogP contribution in [0.4, 0.5) is 4.39 Å². The number of methoxy groups -OCH3 is 1. The normalized spacial score (nSPS) is 16.5. The molecule has 0 saturated carbocycles. The van der Waals surface area contributed by atoms with E-state index in [4.69, 9.17) is 4.74 Å². The van der Waals surface area contributed by atoms with Crippen molar-refractivity contribution in [3.63, 3.8) is 0 Å². The molecule has 5 nitrogen and oxygen atoms in total. The second-order valence-corrected chi connectivity index (χ2v) is 7.83. The second kappa shape index (κ2) is 10.5. The molecule has 29 heavy (non-hydrogen) atoms. The van der Waals surface area contributed by atoms with Gasteiger partial charge in [0.1, 0.15) is 5.82 Å². The number of aromatic nitrogens is 1. The molecule has 1 fully saturated rings. The average Bonchev–Trinajstić information content (AvgIpc) is 2.71. The van der Waals surface area contributed by atoms with Crippen LogP contribution in [0.1, 0.15) is 42.5 Å². The van der Waals surface area contributed by atoms with Gasteiger partial charge in [0.2, 0.25) is 5.91 Å². The Bertz CT molecular complexity index is 789. The minimum absolute atomic E-state index is 0.0251. The molecular formula is C23H30FN3O2. The van der Waals surface area contributed by atoms with E-state index in [2.05, 4.69) is 21.3 Å². The number of ether oxygens (including phenoxy) is 1. The predicted molar refractivity (Wildman–Crippen MR) is 111 cm³/mol. The largest absolute Gasteiger partial charge is 0.383 e. The number of nitrogens with zero attached hydrogens (tertiary/aromatic N) is 2. The number of pyridine rings is 1. The Labute approximate surface area is 172 Å². The van der Waals surface area contributed by atoms with Gasteiger partial charge in [-0.15, -0.1) is 0 Å². The number of carbonyl (C=O) groups is 1. The highest BCUT2D eigenvalue weighted by Crippen LogP contribution is 2.27. The molecule has 1 N–H and O–H groups in total. The van der Waals surface area contributed by atoms with Crippen LogP contribution in [0.2, 0.25) is 0 Å². The van der Waals surface area contributed by atoms with E-state index in [-0.39, 0.29) is 17.8 Å². The summed E-state index contributed by atoms with van der Waals surface area (Å²) in [5.74, 6) is 0.275. The molecule has 2 aromatic rings. The van der Waals surface area contributed by atoms with Crippen LogP contribution in [0, 0.1) is 5.82 Å². The first-order valence-corrected chi connectivity index (χ1v) is 10.2. The van der Waals surface area contributed by atoms with Crippen molar-refractivity contribution in [3.05, 3.63) is 65.2 Å². The molecule has 156 valence electrons. The number of likely N-dealkylation sites (tertiary alicyclic amines) is 1. The fourth-order valence-corrected chi connectivity index (χ4v) is 3.85. The van der Waals surface area contributed by atoms with E-state index in [1.54, 1.807) is 13.2 Å². The average molecular weight is 400 g/mol. The number of hydrogen-bond acceptors (Lipinski definition) is 4. The van der Waals surface area contributed by atoms with Gasteiger partial charge in [-0.2, -0.15) is 0 Å². The molecule has 1 aliphatic rings. The van der Waals surface area contributed by atoms with Crippen molar-refractivity contribution in [3.8, 4) is 0 Å². The molecule has 1 amide bonds. The summed E-state index contributed by atoms with van der Waals surface area (Å²) in [6.45, 7) is 4.65. The SMILES string of the molecule is COCC(C)NC(=O)CN1CCC(c2ccc(Cc3ccccc3F)cn2)CC1. The van der Waals surface area contributed by atoms with E-state index in [1.807, 2.05) is 31.3 Å². The first-order valence-electron chi connectivity index (χ1n) is 10.2. The zero-order chi connectivity index (χ0) is 20.6. The Balaban J connectivity index is 1.47. The highest BCUT2D eigenvalue weighted by atomic mass is 19.1. The maximum atomic E-state index is 13.8. The van der Waals surface area contributed by atoms with Crippen molar-refractivity contribution >= 4 is 5.91 Å². The topological polar surface area (TPSA) is 54.5 Å². The summed E-state index contributed by atoms with van der Waals surface area (Å²) in [5.41, 5.74) is 2.78. The maximum Gasteiger partial charge on any atom is 0.234 e. The quantitative estimate of drug-likeness (QED) is 0.741. The van der Waals surface area contributed by atoms with E-state index in [1.165, 1.54) is 6.07 Å². The van der Waals surface area contributed by atoms with Crippen molar-refractivity contribution in [1.29, 1.82) is 0 Å². The third-order valence-corrected chi connectivity index (χ3v) is 5.40. The highest BCUT2D eigenvalue weighted by Gasteiger charge is 2.23. The molecular weight excluding hydrogens is 369 g/mol. The molecule has 3 rings (SSSR count). The van der Waals surface area contributed by atoms with Gasteiger partial charge in [-0.25, -0.2) is 4.39 Å². The number of amides is 1.